The van der Waals surface area contributed by atoms with Gasteiger partial charge in [-0.25, -0.2) is 0 Å². The number of halogens is 2. The van der Waals surface area contributed by atoms with Gasteiger partial charge in [-0.2, -0.15) is 24.3 Å². The second-order valence-corrected chi connectivity index (χ2v) is 5.58. The van der Waals surface area contributed by atoms with Crippen LogP contribution in [0.1, 0.15) is 23.9 Å². The molecule has 132 valence electrons. The van der Waals surface area contributed by atoms with E-state index < -0.39 is 11.8 Å². The maximum Gasteiger partial charge on any atom is 0.322 e. The summed E-state index contributed by atoms with van der Waals surface area (Å²) in [6.07, 6.45) is 3.67. The highest BCUT2D eigenvalue weighted by Crippen LogP contribution is 2.27. The summed E-state index contributed by atoms with van der Waals surface area (Å²) in [5, 5.41) is 7.87. The van der Waals surface area contributed by atoms with E-state index in [1.807, 2.05) is 18.3 Å². The SMILES string of the molecule is CONCc1cnn(Cc2ccc(-c3noc(C(C)(F)F)n3)cc2)c1. The van der Waals surface area contributed by atoms with Gasteiger partial charge in [-0.3, -0.25) is 4.68 Å². The lowest BCUT2D eigenvalue weighted by Gasteiger charge is -2.03. The van der Waals surface area contributed by atoms with Gasteiger partial charge < -0.3 is 9.36 Å². The maximum atomic E-state index is 13.2. The van der Waals surface area contributed by atoms with Gasteiger partial charge >= 0.3 is 5.92 Å². The van der Waals surface area contributed by atoms with Crippen molar-refractivity contribution < 1.29 is 18.1 Å². The third kappa shape index (κ3) is 4.25. The van der Waals surface area contributed by atoms with Crippen molar-refractivity contribution in [3.63, 3.8) is 0 Å². The van der Waals surface area contributed by atoms with Crippen molar-refractivity contribution in [3.05, 3.63) is 53.7 Å². The lowest BCUT2D eigenvalue weighted by atomic mass is 10.1. The molecule has 3 aromatic rings. The Hall–Kier alpha value is -2.65. The topological polar surface area (TPSA) is 78.0 Å². The van der Waals surface area contributed by atoms with Gasteiger partial charge in [0.15, 0.2) is 0 Å². The number of hydrogen-bond acceptors (Lipinski definition) is 6. The minimum atomic E-state index is -3.15. The summed E-state index contributed by atoms with van der Waals surface area (Å²) in [6, 6.07) is 7.25. The number of nitrogens with one attached hydrogen (secondary N) is 1. The van der Waals surface area contributed by atoms with Gasteiger partial charge in [-0.15, -0.1) is 0 Å². The molecular formula is C16H17F2N5O2. The van der Waals surface area contributed by atoms with Crippen LogP contribution < -0.4 is 5.48 Å². The predicted octanol–water partition coefficient (Wildman–Crippen LogP) is 2.74. The van der Waals surface area contributed by atoms with E-state index in [1.54, 1.807) is 30.1 Å². The van der Waals surface area contributed by atoms with Crippen LogP contribution in [-0.4, -0.2) is 27.0 Å². The molecule has 0 radical (unpaired) electrons. The minimum absolute atomic E-state index is 0.134. The van der Waals surface area contributed by atoms with Gasteiger partial charge in [0.25, 0.3) is 5.89 Å². The monoisotopic (exact) mass is 349 g/mol. The number of nitrogens with zero attached hydrogens (tertiary/aromatic N) is 4. The molecule has 0 atom stereocenters. The fraction of sp³-hybridized carbons (Fsp3) is 0.312. The van der Waals surface area contributed by atoms with Crippen LogP contribution >= 0.6 is 0 Å². The fourth-order valence-corrected chi connectivity index (χ4v) is 2.20. The molecule has 0 bridgehead atoms. The van der Waals surface area contributed by atoms with Crippen LogP contribution in [0.25, 0.3) is 11.4 Å². The number of rotatable bonds is 7. The van der Waals surface area contributed by atoms with Gasteiger partial charge in [0.2, 0.25) is 5.82 Å². The highest BCUT2D eigenvalue weighted by molar-refractivity contribution is 5.54. The van der Waals surface area contributed by atoms with Crippen molar-refractivity contribution in [2.45, 2.75) is 25.9 Å². The number of hydrogen-bond donors (Lipinski definition) is 1. The first-order chi connectivity index (χ1) is 12.0. The van der Waals surface area contributed by atoms with E-state index >= 15 is 0 Å². The summed E-state index contributed by atoms with van der Waals surface area (Å²) in [5.74, 6) is -3.71. The van der Waals surface area contributed by atoms with Crippen molar-refractivity contribution in [3.8, 4) is 11.4 Å². The van der Waals surface area contributed by atoms with Gasteiger partial charge in [-0.1, -0.05) is 29.4 Å². The van der Waals surface area contributed by atoms with Crippen molar-refractivity contribution in [2.24, 2.45) is 0 Å². The lowest BCUT2D eigenvalue weighted by Crippen LogP contribution is -2.10. The first-order valence-corrected chi connectivity index (χ1v) is 7.54. The van der Waals surface area contributed by atoms with E-state index in [2.05, 4.69) is 25.2 Å². The van der Waals surface area contributed by atoms with E-state index in [-0.39, 0.29) is 5.82 Å². The molecule has 0 aliphatic heterocycles. The molecule has 0 amide bonds. The molecule has 0 aliphatic rings. The summed E-state index contributed by atoms with van der Waals surface area (Å²) < 4.78 is 32.7. The minimum Gasteiger partial charge on any atom is -0.332 e. The molecule has 1 aromatic carbocycles. The van der Waals surface area contributed by atoms with Crippen LogP contribution in [0.4, 0.5) is 8.78 Å². The predicted molar refractivity (Wildman–Crippen MR) is 84.5 cm³/mol. The van der Waals surface area contributed by atoms with Gasteiger partial charge in [-0.05, 0) is 5.56 Å². The highest BCUT2D eigenvalue weighted by atomic mass is 19.3. The Labute approximate surface area is 142 Å². The summed E-state index contributed by atoms with van der Waals surface area (Å²) in [4.78, 5) is 8.53. The van der Waals surface area contributed by atoms with E-state index in [0.29, 0.717) is 25.6 Å². The molecule has 0 aliphatic carbocycles. The third-order valence-corrected chi connectivity index (χ3v) is 3.47. The molecule has 3 rings (SSSR count). The summed E-state index contributed by atoms with van der Waals surface area (Å²) in [6.45, 7) is 1.86. The van der Waals surface area contributed by atoms with Crippen LogP contribution in [0, 0.1) is 0 Å². The van der Waals surface area contributed by atoms with Gasteiger partial charge in [0.05, 0.1) is 19.9 Å². The van der Waals surface area contributed by atoms with Crippen molar-refractivity contribution in [2.75, 3.05) is 7.11 Å². The Morgan fingerprint density at radius 1 is 1.24 bits per heavy atom. The molecule has 0 unspecified atom stereocenters. The van der Waals surface area contributed by atoms with Crippen LogP contribution in [0.15, 0.2) is 41.2 Å². The largest absolute Gasteiger partial charge is 0.332 e. The summed E-state index contributed by atoms with van der Waals surface area (Å²) in [7, 11) is 1.56. The third-order valence-electron chi connectivity index (χ3n) is 3.47. The second kappa shape index (κ2) is 7.08. The molecule has 9 heteroatoms. The average molecular weight is 349 g/mol. The number of hydroxylamine groups is 1. The standard InChI is InChI=1S/C16H17F2N5O2/c1-16(17,18)15-21-14(22-25-15)13-5-3-11(4-6-13)9-23-10-12(7-19-23)8-20-24-2/h3-7,10,20H,8-9H2,1-2H3. The van der Waals surface area contributed by atoms with Crippen molar-refractivity contribution in [1.82, 2.24) is 25.4 Å². The Morgan fingerprint density at radius 2 is 2.00 bits per heavy atom. The lowest BCUT2D eigenvalue weighted by molar-refractivity contribution is -0.0158. The number of alkyl halides is 2. The normalized spacial score (nSPS) is 11.8. The zero-order valence-corrected chi connectivity index (χ0v) is 13.7. The van der Waals surface area contributed by atoms with E-state index in [4.69, 9.17) is 4.84 Å². The Balaban J connectivity index is 1.68. The van der Waals surface area contributed by atoms with Gasteiger partial charge in [0.1, 0.15) is 0 Å². The Kier molecular flexibility index (Phi) is 4.86. The first kappa shape index (κ1) is 17.2. The highest BCUT2D eigenvalue weighted by Gasteiger charge is 2.32. The maximum absolute atomic E-state index is 13.2. The van der Waals surface area contributed by atoms with E-state index in [9.17, 15) is 8.78 Å². The number of aromatic nitrogens is 4. The van der Waals surface area contributed by atoms with Crippen molar-refractivity contribution in [1.29, 1.82) is 0 Å². The van der Waals surface area contributed by atoms with Crippen LogP contribution in [0.2, 0.25) is 0 Å². The van der Waals surface area contributed by atoms with Crippen LogP contribution in [0.3, 0.4) is 0 Å². The zero-order chi connectivity index (χ0) is 17.9. The molecule has 0 fully saturated rings. The Bertz CT molecular complexity index is 824. The van der Waals surface area contributed by atoms with Gasteiger partial charge in [0, 0.05) is 30.8 Å². The average Bonchev–Trinajstić information content (AvgIpc) is 3.23. The summed E-state index contributed by atoms with van der Waals surface area (Å²) in [5.41, 5.74) is 5.36. The summed E-state index contributed by atoms with van der Waals surface area (Å²) >= 11 is 0. The quantitative estimate of drug-likeness (QED) is 0.661. The molecule has 2 aromatic heterocycles. The van der Waals surface area contributed by atoms with E-state index in [0.717, 1.165) is 11.1 Å². The Morgan fingerprint density at radius 3 is 2.64 bits per heavy atom. The molecule has 1 N–H and O–H groups in total. The molecule has 0 spiro atoms. The van der Waals surface area contributed by atoms with Crippen molar-refractivity contribution >= 4 is 0 Å². The second-order valence-electron chi connectivity index (χ2n) is 5.58. The molecule has 0 saturated carbocycles. The smallest absolute Gasteiger partial charge is 0.322 e. The van der Waals surface area contributed by atoms with E-state index in [1.165, 1.54) is 0 Å². The fourth-order valence-electron chi connectivity index (χ4n) is 2.20. The molecule has 7 nitrogen and oxygen atoms in total. The first-order valence-electron chi connectivity index (χ1n) is 7.54. The molecule has 25 heavy (non-hydrogen) atoms. The number of benzene rings is 1. The molecular weight excluding hydrogens is 332 g/mol. The van der Waals surface area contributed by atoms with Crippen LogP contribution in [0.5, 0.6) is 0 Å². The van der Waals surface area contributed by atoms with Crippen LogP contribution in [-0.2, 0) is 23.8 Å². The zero-order valence-electron chi connectivity index (χ0n) is 13.7. The molecule has 2 heterocycles. The molecule has 0 saturated heterocycles.